The molecular formula is C17H24N3O2+. The summed E-state index contributed by atoms with van der Waals surface area (Å²) in [5.74, 6) is 0.134. The SMILES string of the molecule is Cc1[nH]c2ccccc2c1CCNC(=O)C[NH+]1CCOCC1. The van der Waals surface area contributed by atoms with E-state index in [2.05, 4.69) is 35.4 Å². The van der Waals surface area contributed by atoms with Gasteiger partial charge in [-0.1, -0.05) is 18.2 Å². The minimum Gasteiger partial charge on any atom is -0.370 e. The summed E-state index contributed by atoms with van der Waals surface area (Å²) < 4.78 is 5.31. The van der Waals surface area contributed by atoms with Crippen molar-refractivity contribution >= 4 is 16.8 Å². The van der Waals surface area contributed by atoms with Crippen LogP contribution in [0.15, 0.2) is 24.3 Å². The number of nitrogens with one attached hydrogen (secondary N) is 3. The van der Waals surface area contributed by atoms with Crippen molar-refractivity contribution in [1.29, 1.82) is 0 Å². The van der Waals surface area contributed by atoms with Crippen LogP contribution in [0, 0.1) is 6.92 Å². The second kappa shape index (κ2) is 6.94. The van der Waals surface area contributed by atoms with Gasteiger partial charge in [0.05, 0.1) is 13.2 Å². The van der Waals surface area contributed by atoms with Crippen LogP contribution in [0.3, 0.4) is 0 Å². The Labute approximate surface area is 130 Å². The van der Waals surface area contributed by atoms with Crippen LogP contribution >= 0.6 is 0 Å². The van der Waals surface area contributed by atoms with Gasteiger partial charge in [0.15, 0.2) is 6.54 Å². The highest BCUT2D eigenvalue weighted by atomic mass is 16.5. The first-order chi connectivity index (χ1) is 10.7. The average Bonchev–Trinajstić information content (AvgIpc) is 2.84. The maximum Gasteiger partial charge on any atom is 0.275 e. The van der Waals surface area contributed by atoms with E-state index in [9.17, 15) is 4.79 Å². The Hall–Kier alpha value is -1.85. The van der Waals surface area contributed by atoms with E-state index in [0.29, 0.717) is 13.1 Å². The highest BCUT2D eigenvalue weighted by molar-refractivity contribution is 5.84. The summed E-state index contributed by atoms with van der Waals surface area (Å²) in [6.45, 7) is 6.70. The number of carbonyl (C=O) groups excluding carboxylic acids is 1. The minimum atomic E-state index is 0.134. The quantitative estimate of drug-likeness (QED) is 0.731. The molecule has 1 fully saturated rings. The lowest BCUT2D eigenvalue weighted by molar-refractivity contribution is -0.900. The Morgan fingerprint density at radius 2 is 2.09 bits per heavy atom. The van der Waals surface area contributed by atoms with Crippen molar-refractivity contribution in [3.8, 4) is 0 Å². The third-order valence-electron chi connectivity index (χ3n) is 4.33. The molecule has 2 heterocycles. The lowest BCUT2D eigenvalue weighted by Gasteiger charge is -2.23. The molecule has 1 aromatic heterocycles. The summed E-state index contributed by atoms with van der Waals surface area (Å²) >= 11 is 0. The van der Waals surface area contributed by atoms with Gasteiger partial charge in [0.25, 0.3) is 5.91 Å². The molecule has 22 heavy (non-hydrogen) atoms. The number of ether oxygens (including phenoxy) is 1. The highest BCUT2D eigenvalue weighted by Crippen LogP contribution is 2.21. The Morgan fingerprint density at radius 1 is 1.32 bits per heavy atom. The van der Waals surface area contributed by atoms with Crippen molar-refractivity contribution in [2.24, 2.45) is 0 Å². The summed E-state index contributed by atoms with van der Waals surface area (Å²) in [5.41, 5.74) is 3.66. The van der Waals surface area contributed by atoms with Crippen molar-refractivity contribution in [1.82, 2.24) is 10.3 Å². The molecule has 1 aliphatic rings. The van der Waals surface area contributed by atoms with Gasteiger partial charge in [0.2, 0.25) is 0 Å². The van der Waals surface area contributed by atoms with Crippen molar-refractivity contribution in [3.63, 3.8) is 0 Å². The molecule has 5 nitrogen and oxygen atoms in total. The first-order valence-electron chi connectivity index (χ1n) is 7.98. The zero-order valence-corrected chi connectivity index (χ0v) is 13.1. The van der Waals surface area contributed by atoms with Crippen molar-refractivity contribution < 1.29 is 14.4 Å². The van der Waals surface area contributed by atoms with Crippen LogP contribution in [0.2, 0.25) is 0 Å². The van der Waals surface area contributed by atoms with E-state index in [-0.39, 0.29) is 5.91 Å². The summed E-state index contributed by atoms with van der Waals surface area (Å²) in [5, 5.41) is 4.30. The van der Waals surface area contributed by atoms with Gasteiger partial charge < -0.3 is 19.9 Å². The van der Waals surface area contributed by atoms with E-state index < -0.39 is 0 Å². The van der Waals surface area contributed by atoms with Crippen LogP contribution < -0.4 is 10.2 Å². The van der Waals surface area contributed by atoms with Gasteiger partial charge in [0.1, 0.15) is 13.1 Å². The molecule has 3 N–H and O–H groups in total. The highest BCUT2D eigenvalue weighted by Gasteiger charge is 2.17. The number of aromatic amines is 1. The number of quaternary nitrogens is 1. The fourth-order valence-electron chi connectivity index (χ4n) is 3.11. The van der Waals surface area contributed by atoms with Crippen LogP contribution in [-0.2, 0) is 16.0 Å². The van der Waals surface area contributed by atoms with Crippen LogP contribution in [-0.4, -0.2) is 50.3 Å². The Kier molecular flexibility index (Phi) is 4.75. The average molecular weight is 302 g/mol. The molecule has 1 amide bonds. The monoisotopic (exact) mass is 302 g/mol. The summed E-state index contributed by atoms with van der Waals surface area (Å²) in [4.78, 5) is 16.7. The van der Waals surface area contributed by atoms with Crippen LogP contribution in [0.1, 0.15) is 11.3 Å². The topological polar surface area (TPSA) is 58.6 Å². The summed E-state index contributed by atoms with van der Waals surface area (Å²) in [7, 11) is 0. The van der Waals surface area contributed by atoms with Crippen molar-refractivity contribution in [2.75, 3.05) is 39.4 Å². The molecule has 1 aromatic carbocycles. The lowest BCUT2D eigenvalue weighted by Crippen LogP contribution is -3.15. The Morgan fingerprint density at radius 3 is 2.91 bits per heavy atom. The molecular weight excluding hydrogens is 278 g/mol. The maximum absolute atomic E-state index is 12.0. The number of aryl methyl sites for hydroxylation is 1. The molecule has 3 rings (SSSR count). The third-order valence-corrected chi connectivity index (χ3v) is 4.33. The number of aromatic nitrogens is 1. The number of hydrogen-bond donors (Lipinski definition) is 3. The number of morpholine rings is 1. The molecule has 1 saturated heterocycles. The number of amides is 1. The zero-order valence-electron chi connectivity index (χ0n) is 13.1. The van der Waals surface area contributed by atoms with Crippen LogP contribution in [0.5, 0.6) is 0 Å². The number of para-hydroxylation sites is 1. The van der Waals surface area contributed by atoms with Gasteiger partial charge in [-0.05, 0) is 25.0 Å². The van der Waals surface area contributed by atoms with Crippen LogP contribution in [0.25, 0.3) is 10.9 Å². The smallest absolute Gasteiger partial charge is 0.275 e. The van der Waals surface area contributed by atoms with E-state index >= 15 is 0 Å². The molecule has 0 aliphatic carbocycles. The first-order valence-corrected chi connectivity index (χ1v) is 7.98. The number of H-pyrrole nitrogens is 1. The molecule has 0 unspecified atom stereocenters. The minimum absolute atomic E-state index is 0.134. The normalized spacial score (nSPS) is 16.0. The standard InChI is InChI=1S/C17H23N3O2/c1-13-14(15-4-2-3-5-16(15)19-13)6-7-18-17(21)12-20-8-10-22-11-9-20/h2-5,19H,6-12H2,1H3,(H,18,21)/p+1. The van der Waals surface area contributed by atoms with Gasteiger partial charge in [-0.25, -0.2) is 0 Å². The molecule has 1 aliphatic heterocycles. The van der Waals surface area contributed by atoms with Gasteiger partial charge in [0, 0.05) is 23.1 Å². The maximum atomic E-state index is 12.0. The second-order valence-corrected chi connectivity index (χ2v) is 5.91. The van der Waals surface area contributed by atoms with Gasteiger partial charge >= 0.3 is 0 Å². The Bertz CT molecular complexity index is 644. The van der Waals surface area contributed by atoms with Gasteiger partial charge in [-0.2, -0.15) is 0 Å². The molecule has 0 bridgehead atoms. The number of rotatable bonds is 5. The molecule has 5 heteroatoms. The van der Waals surface area contributed by atoms with Crippen molar-refractivity contribution in [2.45, 2.75) is 13.3 Å². The molecule has 0 radical (unpaired) electrons. The van der Waals surface area contributed by atoms with Gasteiger partial charge in [-0.15, -0.1) is 0 Å². The summed E-state index contributed by atoms with van der Waals surface area (Å²) in [6.07, 6.45) is 0.861. The molecule has 0 atom stereocenters. The third kappa shape index (κ3) is 3.48. The molecule has 0 spiro atoms. The largest absolute Gasteiger partial charge is 0.370 e. The Balaban J connectivity index is 1.51. The fraction of sp³-hybridized carbons (Fsp3) is 0.471. The number of hydrogen-bond acceptors (Lipinski definition) is 2. The number of fused-ring (bicyclic) bond motifs is 1. The molecule has 118 valence electrons. The second-order valence-electron chi connectivity index (χ2n) is 5.91. The van der Waals surface area contributed by atoms with E-state index in [1.807, 2.05) is 6.07 Å². The number of carbonyl (C=O) groups is 1. The van der Waals surface area contributed by atoms with Crippen LogP contribution in [0.4, 0.5) is 0 Å². The molecule has 0 saturated carbocycles. The lowest BCUT2D eigenvalue weighted by atomic mass is 10.1. The van der Waals surface area contributed by atoms with E-state index in [1.165, 1.54) is 27.1 Å². The fourth-order valence-corrected chi connectivity index (χ4v) is 3.11. The zero-order chi connectivity index (χ0) is 15.4. The van der Waals surface area contributed by atoms with E-state index in [0.717, 1.165) is 32.7 Å². The molecule has 2 aromatic rings. The first kappa shape index (κ1) is 15.1. The van der Waals surface area contributed by atoms with Crippen molar-refractivity contribution in [3.05, 3.63) is 35.5 Å². The van der Waals surface area contributed by atoms with E-state index in [1.54, 1.807) is 0 Å². The summed E-state index contributed by atoms with van der Waals surface area (Å²) in [6, 6.07) is 8.31. The van der Waals surface area contributed by atoms with E-state index in [4.69, 9.17) is 4.74 Å². The predicted molar refractivity (Wildman–Crippen MR) is 86.1 cm³/mol. The predicted octanol–water partition coefficient (Wildman–Crippen LogP) is 0.0501. The van der Waals surface area contributed by atoms with Gasteiger partial charge in [-0.3, -0.25) is 4.79 Å². The number of benzene rings is 1.